The molecule has 0 unspecified atom stereocenters. The van der Waals surface area contributed by atoms with Crippen LogP contribution in [0.5, 0.6) is 0 Å². The largest absolute Gasteiger partial charge is 0.481 e. The Morgan fingerprint density at radius 3 is 2.91 bits per heavy atom. The predicted molar refractivity (Wildman–Crippen MR) is 82.5 cm³/mol. The van der Waals surface area contributed by atoms with Crippen molar-refractivity contribution in [2.75, 3.05) is 6.54 Å². The van der Waals surface area contributed by atoms with Crippen LogP contribution in [0, 0.1) is 5.92 Å². The fourth-order valence-corrected chi connectivity index (χ4v) is 3.60. The summed E-state index contributed by atoms with van der Waals surface area (Å²) in [4.78, 5) is 29.7. The fourth-order valence-electron chi connectivity index (χ4n) is 2.91. The number of rotatable bonds is 5. The van der Waals surface area contributed by atoms with E-state index in [9.17, 15) is 14.7 Å². The number of hydrogen-bond acceptors (Lipinski definition) is 4. The van der Waals surface area contributed by atoms with Gasteiger partial charge in [0.1, 0.15) is 0 Å². The first-order valence-corrected chi connectivity index (χ1v) is 8.05. The molecule has 1 N–H and O–H groups in total. The number of thiophene rings is 1. The Hall–Kier alpha value is -2.21. The van der Waals surface area contributed by atoms with E-state index in [-0.39, 0.29) is 18.4 Å². The molecule has 1 fully saturated rings. The molecule has 1 aliphatic rings. The molecular formula is C16H16N2O3S. The number of carbonyl (C=O) groups excluding carboxylic acids is 1. The van der Waals surface area contributed by atoms with Crippen molar-refractivity contribution < 1.29 is 14.7 Å². The number of aliphatic carboxylic acids is 1. The third-order valence-corrected chi connectivity index (χ3v) is 4.67. The standard InChI is InChI=1S/C16H16N2O3S/c19-14-9-13(16(20)21)15(11-5-8-22-10-11)18(14)7-4-12-3-1-2-6-17-12/h1-3,5-6,8,10,13,15H,4,7,9H2,(H,20,21)/t13-,15+/m0/s1. The molecule has 0 radical (unpaired) electrons. The Morgan fingerprint density at radius 2 is 2.27 bits per heavy atom. The van der Waals surface area contributed by atoms with Crippen molar-refractivity contribution >= 4 is 23.2 Å². The molecule has 2 atom stereocenters. The number of hydrogen-bond donors (Lipinski definition) is 1. The number of carbonyl (C=O) groups is 2. The van der Waals surface area contributed by atoms with Crippen LogP contribution >= 0.6 is 11.3 Å². The average molecular weight is 316 g/mol. The molecule has 1 saturated heterocycles. The first kappa shape index (κ1) is 14.7. The maximum atomic E-state index is 12.3. The van der Waals surface area contributed by atoms with Gasteiger partial charge in [-0.3, -0.25) is 14.6 Å². The summed E-state index contributed by atoms with van der Waals surface area (Å²) in [6.07, 6.45) is 2.41. The lowest BCUT2D eigenvalue weighted by Crippen LogP contribution is -2.32. The quantitative estimate of drug-likeness (QED) is 0.919. The minimum atomic E-state index is -0.912. The first-order valence-electron chi connectivity index (χ1n) is 7.11. The van der Waals surface area contributed by atoms with Gasteiger partial charge in [-0.05, 0) is 34.5 Å². The van der Waals surface area contributed by atoms with Crippen LogP contribution in [-0.4, -0.2) is 33.4 Å². The van der Waals surface area contributed by atoms with Crippen LogP contribution in [0.15, 0.2) is 41.2 Å². The molecule has 0 bridgehead atoms. The summed E-state index contributed by atoms with van der Waals surface area (Å²) in [6, 6.07) is 7.19. The van der Waals surface area contributed by atoms with Crippen LogP contribution in [0.3, 0.4) is 0 Å². The minimum absolute atomic E-state index is 0.0675. The zero-order valence-electron chi connectivity index (χ0n) is 11.9. The third-order valence-electron chi connectivity index (χ3n) is 3.97. The summed E-state index contributed by atoms with van der Waals surface area (Å²) in [5.41, 5.74) is 1.81. The highest BCUT2D eigenvalue weighted by atomic mass is 32.1. The highest BCUT2D eigenvalue weighted by Gasteiger charge is 2.44. The Labute approximate surface area is 132 Å². The lowest BCUT2D eigenvalue weighted by Gasteiger charge is -2.26. The number of pyridine rings is 1. The zero-order valence-corrected chi connectivity index (χ0v) is 12.7. The molecule has 0 aromatic carbocycles. The van der Waals surface area contributed by atoms with Crippen molar-refractivity contribution in [2.24, 2.45) is 5.92 Å². The molecule has 0 saturated carbocycles. The first-order chi connectivity index (χ1) is 10.7. The molecule has 0 spiro atoms. The van der Waals surface area contributed by atoms with Gasteiger partial charge < -0.3 is 10.0 Å². The summed E-state index contributed by atoms with van der Waals surface area (Å²) >= 11 is 1.51. The maximum Gasteiger partial charge on any atom is 0.309 e. The number of likely N-dealkylation sites (tertiary alicyclic amines) is 1. The zero-order chi connectivity index (χ0) is 15.5. The van der Waals surface area contributed by atoms with E-state index in [0.717, 1.165) is 11.3 Å². The van der Waals surface area contributed by atoms with Crippen molar-refractivity contribution in [3.63, 3.8) is 0 Å². The number of aromatic nitrogens is 1. The van der Waals surface area contributed by atoms with Gasteiger partial charge >= 0.3 is 5.97 Å². The van der Waals surface area contributed by atoms with E-state index in [4.69, 9.17) is 0 Å². The molecule has 22 heavy (non-hydrogen) atoms. The summed E-state index contributed by atoms with van der Waals surface area (Å²) in [7, 11) is 0. The number of carboxylic acids is 1. The molecular weight excluding hydrogens is 300 g/mol. The van der Waals surface area contributed by atoms with Gasteiger partial charge in [0.15, 0.2) is 0 Å². The van der Waals surface area contributed by atoms with Crippen LogP contribution in [0.4, 0.5) is 0 Å². The van der Waals surface area contributed by atoms with Crippen LogP contribution in [0.2, 0.25) is 0 Å². The van der Waals surface area contributed by atoms with Crippen molar-refractivity contribution in [1.29, 1.82) is 0 Å². The molecule has 2 aromatic heterocycles. The Balaban J connectivity index is 1.81. The Kier molecular flexibility index (Phi) is 4.20. The molecule has 1 amide bonds. The van der Waals surface area contributed by atoms with E-state index in [1.807, 2.05) is 35.0 Å². The third kappa shape index (κ3) is 2.87. The van der Waals surface area contributed by atoms with Crippen LogP contribution in [0.1, 0.15) is 23.7 Å². The van der Waals surface area contributed by atoms with Gasteiger partial charge in [-0.2, -0.15) is 11.3 Å². The van der Waals surface area contributed by atoms with Crippen LogP contribution in [-0.2, 0) is 16.0 Å². The van der Waals surface area contributed by atoms with Crippen molar-refractivity contribution in [2.45, 2.75) is 18.9 Å². The second kappa shape index (κ2) is 6.27. The normalized spacial score (nSPS) is 21.3. The summed E-state index contributed by atoms with van der Waals surface area (Å²) in [5, 5.41) is 13.2. The van der Waals surface area contributed by atoms with Crippen molar-refractivity contribution in [3.8, 4) is 0 Å². The Morgan fingerprint density at radius 1 is 1.41 bits per heavy atom. The van der Waals surface area contributed by atoms with Gasteiger partial charge in [-0.25, -0.2) is 0 Å². The lowest BCUT2D eigenvalue weighted by atomic mass is 9.95. The number of carboxylic acid groups (broad SMARTS) is 1. The second-order valence-corrected chi connectivity index (χ2v) is 6.09. The van der Waals surface area contributed by atoms with Gasteiger partial charge in [-0.15, -0.1) is 0 Å². The SMILES string of the molecule is O=C(O)[C@H]1CC(=O)N(CCc2ccccn2)[C@@H]1c1ccsc1. The molecule has 1 aliphatic heterocycles. The van der Waals surface area contributed by atoms with E-state index in [0.29, 0.717) is 13.0 Å². The van der Waals surface area contributed by atoms with Crippen molar-refractivity contribution in [3.05, 3.63) is 52.5 Å². The molecule has 3 rings (SSSR count). The number of nitrogens with zero attached hydrogens (tertiary/aromatic N) is 2. The van der Waals surface area contributed by atoms with Gasteiger partial charge in [0, 0.05) is 31.3 Å². The summed E-state index contributed by atoms with van der Waals surface area (Å²) in [6.45, 7) is 0.486. The predicted octanol–water partition coefficient (Wildman–Crippen LogP) is 2.36. The fraction of sp³-hybridized carbons (Fsp3) is 0.312. The summed E-state index contributed by atoms with van der Waals surface area (Å²) < 4.78 is 0. The van der Waals surface area contributed by atoms with E-state index in [1.54, 1.807) is 11.1 Å². The molecule has 6 heteroatoms. The van der Waals surface area contributed by atoms with Crippen LogP contribution < -0.4 is 0 Å². The average Bonchev–Trinajstić information content (AvgIpc) is 3.13. The van der Waals surface area contributed by atoms with Gasteiger partial charge in [0.05, 0.1) is 12.0 Å². The number of amides is 1. The van der Waals surface area contributed by atoms with E-state index < -0.39 is 11.9 Å². The van der Waals surface area contributed by atoms with E-state index >= 15 is 0 Å². The van der Waals surface area contributed by atoms with Crippen LogP contribution in [0.25, 0.3) is 0 Å². The highest BCUT2D eigenvalue weighted by molar-refractivity contribution is 7.08. The minimum Gasteiger partial charge on any atom is -0.481 e. The van der Waals surface area contributed by atoms with E-state index in [1.165, 1.54) is 11.3 Å². The molecule has 2 aromatic rings. The van der Waals surface area contributed by atoms with E-state index in [2.05, 4.69) is 4.98 Å². The molecule has 3 heterocycles. The molecule has 114 valence electrons. The lowest BCUT2D eigenvalue weighted by molar-refractivity contribution is -0.142. The maximum absolute atomic E-state index is 12.3. The smallest absolute Gasteiger partial charge is 0.309 e. The highest BCUT2D eigenvalue weighted by Crippen LogP contribution is 2.39. The summed E-state index contributed by atoms with van der Waals surface area (Å²) in [5.74, 6) is -1.68. The van der Waals surface area contributed by atoms with Gasteiger partial charge in [0.25, 0.3) is 0 Å². The Bertz CT molecular complexity index is 657. The topological polar surface area (TPSA) is 70.5 Å². The van der Waals surface area contributed by atoms with Gasteiger partial charge in [-0.1, -0.05) is 6.07 Å². The monoisotopic (exact) mass is 316 g/mol. The second-order valence-electron chi connectivity index (χ2n) is 5.31. The molecule has 0 aliphatic carbocycles. The van der Waals surface area contributed by atoms with Crippen molar-refractivity contribution in [1.82, 2.24) is 9.88 Å². The van der Waals surface area contributed by atoms with Gasteiger partial charge in [0.2, 0.25) is 5.91 Å². The molecule has 5 nitrogen and oxygen atoms in total.